The predicted molar refractivity (Wildman–Crippen MR) is 118 cm³/mol. The highest BCUT2D eigenvalue weighted by molar-refractivity contribution is 6.10. The molecule has 4 rings (SSSR count). The zero-order chi connectivity index (χ0) is 22.8. The molecule has 0 atom stereocenters. The van der Waals surface area contributed by atoms with E-state index in [2.05, 4.69) is 20.4 Å². The van der Waals surface area contributed by atoms with Gasteiger partial charge in [0, 0.05) is 11.6 Å². The summed E-state index contributed by atoms with van der Waals surface area (Å²) in [6.07, 6.45) is 1.51. The zero-order valence-corrected chi connectivity index (χ0v) is 17.5. The maximum Gasteiger partial charge on any atom is 0.274 e. The average Bonchev–Trinajstić information content (AvgIpc) is 3.05. The van der Waals surface area contributed by atoms with Gasteiger partial charge in [-0.3, -0.25) is 19.3 Å². The number of benzene rings is 1. The maximum atomic E-state index is 13.0. The highest BCUT2D eigenvalue weighted by Gasteiger charge is 2.19. The van der Waals surface area contributed by atoms with E-state index in [0.717, 1.165) is 11.4 Å². The first-order chi connectivity index (χ1) is 15.4. The van der Waals surface area contributed by atoms with Crippen molar-refractivity contribution >= 4 is 28.4 Å². The number of para-hydroxylation sites is 1. The van der Waals surface area contributed by atoms with Crippen LogP contribution in [0.15, 0.2) is 48.7 Å². The standard InChI is InChI=1S/C23H19N7O2/c1-13-21(14(2)30(29-13)12-16-8-7-15(10-24)11-26-16)28-23(32)20-9-18(22(25)31)17-5-3-4-6-19(17)27-20/h3-9,11H,12H2,1-2H3,(H2,25,31)(H,28,32). The van der Waals surface area contributed by atoms with E-state index in [9.17, 15) is 9.59 Å². The molecule has 32 heavy (non-hydrogen) atoms. The van der Waals surface area contributed by atoms with Crippen LogP contribution in [0.25, 0.3) is 10.9 Å². The lowest BCUT2D eigenvalue weighted by Gasteiger charge is -2.09. The molecule has 3 aromatic heterocycles. The SMILES string of the molecule is Cc1nn(Cc2ccc(C#N)cn2)c(C)c1NC(=O)c1cc(C(N)=O)c2ccccc2n1. The Morgan fingerprint density at radius 2 is 1.97 bits per heavy atom. The van der Waals surface area contributed by atoms with Gasteiger partial charge in [0.15, 0.2) is 0 Å². The van der Waals surface area contributed by atoms with E-state index in [4.69, 9.17) is 11.0 Å². The van der Waals surface area contributed by atoms with Gasteiger partial charge in [0.05, 0.1) is 46.0 Å². The first-order valence-corrected chi connectivity index (χ1v) is 9.77. The molecule has 1 aromatic carbocycles. The lowest BCUT2D eigenvalue weighted by molar-refractivity contribution is 0.100. The number of pyridine rings is 2. The van der Waals surface area contributed by atoms with Crippen molar-refractivity contribution in [2.45, 2.75) is 20.4 Å². The maximum absolute atomic E-state index is 13.0. The quantitative estimate of drug-likeness (QED) is 0.504. The van der Waals surface area contributed by atoms with Crippen molar-refractivity contribution in [3.05, 3.63) is 82.6 Å². The Morgan fingerprint density at radius 1 is 1.19 bits per heavy atom. The van der Waals surface area contributed by atoms with Gasteiger partial charge in [0.25, 0.3) is 5.91 Å². The number of rotatable bonds is 5. The van der Waals surface area contributed by atoms with Crippen molar-refractivity contribution < 1.29 is 9.59 Å². The zero-order valence-electron chi connectivity index (χ0n) is 17.5. The monoisotopic (exact) mass is 425 g/mol. The summed E-state index contributed by atoms with van der Waals surface area (Å²) in [5.74, 6) is -1.10. The summed E-state index contributed by atoms with van der Waals surface area (Å²) in [6.45, 7) is 4.00. The van der Waals surface area contributed by atoms with Gasteiger partial charge in [0.1, 0.15) is 11.8 Å². The molecule has 9 nitrogen and oxygen atoms in total. The number of anilines is 1. The molecule has 0 bridgehead atoms. The summed E-state index contributed by atoms with van der Waals surface area (Å²) < 4.78 is 1.72. The van der Waals surface area contributed by atoms with Crippen LogP contribution in [0.2, 0.25) is 0 Å². The van der Waals surface area contributed by atoms with E-state index in [0.29, 0.717) is 34.4 Å². The van der Waals surface area contributed by atoms with E-state index in [1.165, 1.54) is 12.3 Å². The molecule has 0 spiro atoms. The number of fused-ring (bicyclic) bond motifs is 1. The molecule has 0 fully saturated rings. The Hall–Kier alpha value is -4.58. The minimum Gasteiger partial charge on any atom is -0.366 e. The molecule has 0 unspecified atom stereocenters. The van der Waals surface area contributed by atoms with Gasteiger partial charge in [0.2, 0.25) is 5.91 Å². The Balaban J connectivity index is 1.62. The third-order valence-corrected chi connectivity index (χ3v) is 5.10. The number of hydrogen-bond acceptors (Lipinski definition) is 6. The Morgan fingerprint density at radius 3 is 2.66 bits per heavy atom. The van der Waals surface area contributed by atoms with Crippen LogP contribution >= 0.6 is 0 Å². The van der Waals surface area contributed by atoms with E-state index >= 15 is 0 Å². The van der Waals surface area contributed by atoms with Crippen molar-refractivity contribution in [1.82, 2.24) is 19.7 Å². The third-order valence-electron chi connectivity index (χ3n) is 5.10. The molecule has 0 radical (unpaired) electrons. The van der Waals surface area contributed by atoms with Gasteiger partial charge >= 0.3 is 0 Å². The molecule has 158 valence electrons. The molecule has 2 amide bonds. The number of aromatic nitrogens is 4. The number of primary amides is 1. The molecular weight excluding hydrogens is 406 g/mol. The first-order valence-electron chi connectivity index (χ1n) is 9.77. The number of nitrogens with zero attached hydrogens (tertiary/aromatic N) is 5. The van der Waals surface area contributed by atoms with Crippen LogP contribution in [0.5, 0.6) is 0 Å². The highest BCUT2D eigenvalue weighted by Crippen LogP contribution is 2.23. The number of amides is 2. The van der Waals surface area contributed by atoms with Crippen molar-refractivity contribution in [1.29, 1.82) is 5.26 Å². The molecule has 0 saturated heterocycles. The first kappa shape index (κ1) is 20.7. The molecule has 3 N–H and O–H groups in total. The van der Waals surface area contributed by atoms with Crippen LogP contribution in [-0.4, -0.2) is 31.6 Å². The summed E-state index contributed by atoms with van der Waals surface area (Å²) in [4.78, 5) is 33.5. The topological polar surface area (TPSA) is 140 Å². The van der Waals surface area contributed by atoms with Crippen molar-refractivity contribution in [2.75, 3.05) is 5.32 Å². The Bertz CT molecular complexity index is 1400. The van der Waals surface area contributed by atoms with Crippen LogP contribution in [0, 0.1) is 25.2 Å². The van der Waals surface area contributed by atoms with Gasteiger partial charge < -0.3 is 11.1 Å². The van der Waals surface area contributed by atoms with Crippen LogP contribution in [0.1, 0.15) is 43.5 Å². The normalized spacial score (nSPS) is 10.7. The van der Waals surface area contributed by atoms with Crippen molar-refractivity contribution in [3.8, 4) is 6.07 Å². The molecule has 3 heterocycles. The van der Waals surface area contributed by atoms with Gasteiger partial charge in [-0.15, -0.1) is 0 Å². The minimum absolute atomic E-state index is 0.0813. The van der Waals surface area contributed by atoms with Crippen LogP contribution < -0.4 is 11.1 Å². The van der Waals surface area contributed by atoms with Gasteiger partial charge in [-0.05, 0) is 38.1 Å². The fraction of sp³-hybridized carbons (Fsp3) is 0.130. The molecule has 0 aliphatic heterocycles. The molecule has 9 heteroatoms. The van der Waals surface area contributed by atoms with E-state index < -0.39 is 11.8 Å². The van der Waals surface area contributed by atoms with E-state index in [-0.39, 0.29) is 11.3 Å². The average molecular weight is 425 g/mol. The van der Waals surface area contributed by atoms with Gasteiger partial charge in [-0.2, -0.15) is 10.4 Å². The number of nitrogens with two attached hydrogens (primary N) is 1. The molecule has 0 aliphatic carbocycles. The van der Waals surface area contributed by atoms with E-state index in [1.807, 2.05) is 13.0 Å². The number of hydrogen-bond donors (Lipinski definition) is 2. The van der Waals surface area contributed by atoms with Gasteiger partial charge in [-0.1, -0.05) is 18.2 Å². The van der Waals surface area contributed by atoms with Gasteiger partial charge in [-0.25, -0.2) is 4.98 Å². The van der Waals surface area contributed by atoms with Crippen molar-refractivity contribution in [2.24, 2.45) is 5.73 Å². The second kappa shape index (κ2) is 8.28. The fourth-order valence-electron chi connectivity index (χ4n) is 3.44. The number of carbonyl (C=O) groups is 2. The molecule has 0 saturated carbocycles. The number of aryl methyl sites for hydroxylation is 1. The van der Waals surface area contributed by atoms with Crippen molar-refractivity contribution in [3.63, 3.8) is 0 Å². The smallest absolute Gasteiger partial charge is 0.274 e. The minimum atomic E-state index is -0.632. The second-order valence-electron chi connectivity index (χ2n) is 7.24. The summed E-state index contributed by atoms with van der Waals surface area (Å²) in [5, 5.41) is 16.8. The Kier molecular flexibility index (Phi) is 5.35. The Labute approximate surface area is 183 Å². The molecule has 0 aliphatic rings. The fourth-order valence-corrected chi connectivity index (χ4v) is 3.44. The van der Waals surface area contributed by atoms with Crippen LogP contribution in [0.3, 0.4) is 0 Å². The highest BCUT2D eigenvalue weighted by atomic mass is 16.2. The summed E-state index contributed by atoms with van der Waals surface area (Å²) in [7, 11) is 0. The summed E-state index contributed by atoms with van der Waals surface area (Å²) >= 11 is 0. The summed E-state index contributed by atoms with van der Waals surface area (Å²) in [6, 6.07) is 13.9. The second-order valence-corrected chi connectivity index (χ2v) is 7.24. The number of nitrogens with one attached hydrogen (secondary N) is 1. The third kappa shape index (κ3) is 3.89. The van der Waals surface area contributed by atoms with Crippen LogP contribution in [0.4, 0.5) is 5.69 Å². The largest absolute Gasteiger partial charge is 0.366 e. The molecule has 4 aromatic rings. The number of carbonyl (C=O) groups excluding carboxylic acids is 2. The lowest BCUT2D eigenvalue weighted by atomic mass is 10.1. The van der Waals surface area contributed by atoms with E-state index in [1.54, 1.807) is 48.0 Å². The predicted octanol–water partition coefficient (Wildman–Crippen LogP) is 2.71. The number of nitriles is 1. The lowest BCUT2D eigenvalue weighted by Crippen LogP contribution is -2.18. The van der Waals surface area contributed by atoms with Crippen LogP contribution in [-0.2, 0) is 6.54 Å². The molecular formula is C23H19N7O2. The summed E-state index contributed by atoms with van der Waals surface area (Å²) in [5.41, 5.74) is 9.45.